The highest BCUT2D eigenvalue weighted by atomic mass is 16.5. The van der Waals surface area contributed by atoms with E-state index in [-0.39, 0.29) is 5.91 Å². The first-order valence-electron chi connectivity index (χ1n) is 8.57. The van der Waals surface area contributed by atoms with Crippen molar-refractivity contribution in [2.24, 2.45) is 0 Å². The Balaban J connectivity index is 2.11. The van der Waals surface area contributed by atoms with Crippen molar-refractivity contribution < 1.29 is 19.1 Å². The molecule has 0 bridgehead atoms. The first-order chi connectivity index (χ1) is 13.0. The third-order valence-electron chi connectivity index (χ3n) is 3.78. The van der Waals surface area contributed by atoms with Crippen molar-refractivity contribution >= 4 is 17.6 Å². The molecule has 27 heavy (non-hydrogen) atoms. The smallest absolute Gasteiger partial charge is 0.320 e. The van der Waals surface area contributed by atoms with Gasteiger partial charge in [-0.05, 0) is 17.7 Å². The molecule has 2 aromatic carbocycles. The summed E-state index contributed by atoms with van der Waals surface area (Å²) in [6, 6.07) is 14.9. The summed E-state index contributed by atoms with van der Waals surface area (Å²) in [7, 11) is 4.89. The summed E-state index contributed by atoms with van der Waals surface area (Å²) in [4.78, 5) is 26.5. The molecule has 0 unspecified atom stereocenters. The molecular formula is C20H25N3O4. The number of methoxy groups -OCH3 is 1. The van der Waals surface area contributed by atoms with Gasteiger partial charge in [-0.2, -0.15) is 0 Å². The maximum atomic E-state index is 12.5. The molecule has 7 heteroatoms. The van der Waals surface area contributed by atoms with E-state index in [2.05, 4.69) is 10.6 Å². The van der Waals surface area contributed by atoms with E-state index in [0.717, 1.165) is 0 Å². The maximum Gasteiger partial charge on any atom is 0.320 e. The predicted molar refractivity (Wildman–Crippen MR) is 104 cm³/mol. The maximum absolute atomic E-state index is 12.5. The fourth-order valence-corrected chi connectivity index (χ4v) is 2.41. The minimum Gasteiger partial charge on any atom is -0.489 e. The summed E-state index contributed by atoms with van der Waals surface area (Å²) in [5.41, 5.74) is 1.21. The largest absolute Gasteiger partial charge is 0.489 e. The van der Waals surface area contributed by atoms with Crippen molar-refractivity contribution in [1.29, 1.82) is 0 Å². The quantitative estimate of drug-likeness (QED) is 0.699. The number of carbonyl (C=O) groups excluding carboxylic acids is 2. The van der Waals surface area contributed by atoms with Crippen LogP contribution in [0.25, 0.3) is 0 Å². The molecule has 144 valence electrons. The summed E-state index contributed by atoms with van der Waals surface area (Å²) in [6.07, 6.45) is 0. The molecule has 0 aromatic heterocycles. The topological polar surface area (TPSA) is 79.9 Å². The van der Waals surface area contributed by atoms with Crippen LogP contribution in [0.2, 0.25) is 0 Å². The number of hydrogen-bond donors (Lipinski definition) is 2. The van der Waals surface area contributed by atoms with Crippen LogP contribution in [-0.4, -0.2) is 51.3 Å². The summed E-state index contributed by atoms with van der Waals surface area (Å²) in [5, 5.41) is 5.48. The number of urea groups is 1. The molecule has 2 aromatic rings. The molecule has 3 amide bonds. The predicted octanol–water partition coefficient (Wildman–Crippen LogP) is 2.66. The molecule has 0 fully saturated rings. The van der Waals surface area contributed by atoms with Gasteiger partial charge in [0.1, 0.15) is 18.4 Å². The Morgan fingerprint density at radius 3 is 2.33 bits per heavy atom. The highest BCUT2D eigenvalue weighted by molar-refractivity contribution is 5.95. The second-order valence-corrected chi connectivity index (χ2v) is 6.01. The van der Waals surface area contributed by atoms with Crippen LogP contribution in [0.15, 0.2) is 54.6 Å². The van der Waals surface area contributed by atoms with Gasteiger partial charge in [-0.15, -0.1) is 0 Å². The number of para-hydroxylation sites is 2. The van der Waals surface area contributed by atoms with Crippen LogP contribution in [-0.2, 0) is 9.53 Å². The molecule has 7 nitrogen and oxygen atoms in total. The fourth-order valence-electron chi connectivity index (χ4n) is 2.41. The Hall–Kier alpha value is -3.06. The highest BCUT2D eigenvalue weighted by Crippen LogP contribution is 2.24. The standard InChI is InChI=1S/C20H25N3O4/c1-23(2)19(24)18(15-9-5-4-6-10-15)22-20(25)21-16-11-7-8-12-17(16)27-14-13-26-3/h4-12,18H,13-14H2,1-3H3,(H2,21,22,25)/t18-/m0/s1. The van der Waals surface area contributed by atoms with E-state index in [1.54, 1.807) is 51.5 Å². The monoisotopic (exact) mass is 371 g/mol. The van der Waals surface area contributed by atoms with E-state index in [1.807, 2.05) is 24.3 Å². The van der Waals surface area contributed by atoms with Gasteiger partial charge in [-0.3, -0.25) is 4.79 Å². The number of hydrogen-bond acceptors (Lipinski definition) is 4. The zero-order valence-corrected chi connectivity index (χ0v) is 15.8. The minimum absolute atomic E-state index is 0.221. The SMILES string of the molecule is COCCOc1ccccc1NC(=O)N[C@H](C(=O)N(C)C)c1ccccc1. The van der Waals surface area contributed by atoms with E-state index < -0.39 is 12.1 Å². The summed E-state index contributed by atoms with van der Waals surface area (Å²) in [6.45, 7) is 0.802. The van der Waals surface area contributed by atoms with E-state index in [9.17, 15) is 9.59 Å². The number of amides is 3. The fraction of sp³-hybridized carbons (Fsp3) is 0.300. The average molecular weight is 371 g/mol. The average Bonchev–Trinajstić information content (AvgIpc) is 2.67. The van der Waals surface area contributed by atoms with Crippen molar-refractivity contribution in [3.8, 4) is 5.75 Å². The lowest BCUT2D eigenvalue weighted by Crippen LogP contribution is -2.41. The molecule has 0 heterocycles. The van der Waals surface area contributed by atoms with Crippen LogP contribution in [0, 0.1) is 0 Å². The van der Waals surface area contributed by atoms with Crippen LogP contribution in [0.3, 0.4) is 0 Å². The third kappa shape index (κ3) is 6.00. The first kappa shape index (κ1) is 20.3. The number of ether oxygens (including phenoxy) is 2. The Labute approximate surface area is 159 Å². The van der Waals surface area contributed by atoms with Crippen LogP contribution in [0.5, 0.6) is 5.75 Å². The van der Waals surface area contributed by atoms with Gasteiger partial charge >= 0.3 is 6.03 Å². The van der Waals surface area contributed by atoms with Crippen LogP contribution < -0.4 is 15.4 Å². The number of rotatable bonds is 8. The van der Waals surface area contributed by atoms with Gasteiger partial charge in [0.15, 0.2) is 0 Å². The Kier molecular flexibility index (Phi) is 7.63. The molecule has 0 radical (unpaired) electrons. The summed E-state index contributed by atoms with van der Waals surface area (Å²) >= 11 is 0. The van der Waals surface area contributed by atoms with Gasteiger partial charge < -0.3 is 25.0 Å². The number of carbonyl (C=O) groups is 2. The lowest BCUT2D eigenvalue weighted by atomic mass is 10.1. The summed E-state index contributed by atoms with van der Waals surface area (Å²) < 4.78 is 10.6. The van der Waals surface area contributed by atoms with Crippen molar-refractivity contribution in [1.82, 2.24) is 10.2 Å². The number of nitrogens with zero attached hydrogens (tertiary/aromatic N) is 1. The Morgan fingerprint density at radius 1 is 1.00 bits per heavy atom. The molecule has 0 spiro atoms. The Bertz CT molecular complexity index is 750. The van der Waals surface area contributed by atoms with Gasteiger partial charge in [0.25, 0.3) is 0 Å². The number of benzene rings is 2. The number of nitrogens with one attached hydrogen (secondary N) is 2. The van der Waals surface area contributed by atoms with Crippen LogP contribution in [0.4, 0.5) is 10.5 Å². The van der Waals surface area contributed by atoms with E-state index >= 15 is 0 Å². The highest BCUT2D eigenvalue weighted by Gasteiger charge is 2.24. The summed E-state index contributed by atoms with van der Waals surface area (Å²) in [5.74, 6) is 0.306. The number of anilines is 1. The van der Waals surface area contributed by atoms with Gasteiger partial charge in [0.05, 0.1) is 12.3 Å². The third-order valence-corrected chi connectivity index (χ3v) is 3.78. The van der Waals surface area contributed by atoms with Crippen molar-refractivity contribution in [3.05, 3.63) is 60.2 Å². The van der Waals surface area contributed by atoms with E-state index in [4.69, 9.17) is 9.47 Å². The molecular weight excluding hydrogens is 346 g/mol. The molecule has 0 saturated carbocycles. The molecule has 0 aliphatic carbocycles. The van der Waals surface area contributed by atoms with Crippen molar-refractivity contribution in [2.75, 3.05) is 39.7 Å². The van der Waals surface area contributed by atoms with Gasteiger partial charge in [-0.25, -0.2) is 4.79 Å². The normalized spacial score (nSPS) is 11.4. The minimum atomic E-state index is -0.789. The zero-order chi connectivity index (χ0) is 19.6. The molecule has 2 rings (SSSR count). The van der Waals surface area contributed by atoms with Crippen molar-refractivity contribution in [2.45, 2.75) is 6.04 Å². The lowest BCUT2D eigenvalue weighted by Gasteiger charge is -2.22. The zero-order valence-electron chi connectivity index (χ0n) is 15.8. The van der Waals surface area contributed by atoms with Crippen LogP contribution in [0.1, 0.15) is 11.6 Å². The molecule has 0 aliphatic rings. The van der Waals surface area contributed by atoms with Gasteiger partial charge in [-0.1, -0.05) is 42.5 Å². The Morgan fingerprint density at radius 2 is 1.67 bits per heavy atom. The number of likely N-dealkylation sites (N-methyl/N-ethyl adjacent to an activating group) is 1. The molecule has 0 aliphatic heterocycles. The second kappa shape index (κ2) is 10.2. The van der Waals surface area contributed by atoms with Crippen LogP contribution >= 0.6 is 0 Å². The van der Waals surface area contributed by atoms with Crippen molar-refractivity contribution in [3.63, 3.8) is 0 Å². The van der Waals surface area contributed by atoms with Gasteiger partial charge in [0, 0.05) is 21.2 Å². The van der Waals surface area contributed by atoms with Gasteiger partial charge in [0.2, 0.25) is 5.91 Å². The van der Waals surface area contributed by atoms with E-state index in [1.165, 1.54) is 4.90 Å². The second-order valence-electron chi connectivity index (χ2n) is 6.01. The molecule has 2 N–H and O–H groups in total. The molecule has 0 saturated heterocycles. The first-order valence-corrected chi connectivity index (χ1v) is 8.57. The van der Waals surface area contributed by atoms with E-state index in [0.29, 0.717) is 30.2 Å². The molecule has 1 atom stereocenters. The lowest BCUT2D eigenvalue weighted by molar-refractivity contribution is -0.130.